The van der Waals surface area contributed by atoms with Gasteiger partial charge in [0.2, 0.25) is 5.95 Å². The van der Waals surface area contributed by atoms with Gasteiger partial charge in [0.1, 0.15) is 5.75 Å². The Labute approximate surface area is 157 Å². The second-order valence-electron chi connectivity index (χ2n) is 6.56. The summed E-state index contributed by atoms with van der Waals surface area (Å²) in [5.74, 6) is 1.36. The van der Waals surface area contributed by atoms with E-state index in [2.05, 4.69) is 39.9 Å². The molecular weight excluding hydrogens is 338 g/mol. The first-order valence-electron chi connectivity index (χ1n) is 8.85. The lowest BCUT2D eigenvalue weighted by atomic mass is 10.1. The maximum Gasteiger partial charge on any atom is 0.227 e. The summed E-state index contributed by atoms with van der Waals surface area (Å²) in [5.41, 5.74) is 3.95. The Hall–Kier alpha value is -3.41. The Bertz CT molecular complexity index is 1070. The van der Waals surface area contributed by atoms with Gasteiger partial charge in [-0.25, -0.2) is 9.97 Å². The van der Waals surface area contributed by atoms with Crippen molar-refractivity contribution < 1.29 is 4.74 Å². The van der Waals surface area contributed by atoms with Crippen molar-refractivity contribution in [3.63, 3.8) is 0 Å². The van der Waals surface area contributed by atoms with E-state index >= 15 is 0 Å². The fourth-order valence-electron chi connectivity index (χ4n) is 3.10. The summed E-state index contributed by atoms with van der Waals surface area (Å²) < 4.78 is 7.41. The van der Waals surface area contributed by atoms with Crippen LogP contribution in [0.2, 0.25) is 0 Å². The van der Waals surface area contributed by atoms with E-state index in [1.807, 2.05) is 48.8 Å². The van der Waals surface area contributed by atoms with Crippen molar-refractivity contribution in [2.45, 2.75) is 19.9 Å². The second-order valence-corrected chi connectivity index (χ2v) is 6.56. The van der Waals surface area contributed by atoms with Gasteiger partial charge in [-0.1, -0.05) is 0 Å². The molecule has 0 saturated carbocycles. The molecule has 6 heteroatoms. The molecular formula is C21H21N5O. The molecule has 0 aliphatic rings. The molecule has 3 aromatic heterocycles. The van der Waals surface area contributed by atoms with Crippen LogP contribution in [0.5, 0.6) is 5.75 Å². The predicted molar refractivity (Wildman–Crippen MR) is 107 cm³/mol. The Morgan fingerprint density at radius 2 is 1.85 bits per heavy atom. The van der Waals surface area contributed by atoms with Gasteiger partial charge in [0, 0.05) is 41.3 Å². The third kappa shape index (κ3) is 3.33. The number of hydrogen-bond acceptors (Lipinski definition) is 5. The van der Waals surface area contributed by atoms with Crippen molar-refractivity contribution in [3.05, 3.63) is 61.2 Å². The lowest BCUT2D eigenvalue weighted by Gasteiger charge is -2.08. The Balaban J connectivity index is 1.71. The number of nitrogens with zero attached hydrogens (tertiary/aromatic N) is 4. The van der Waals surface area contributed by atoms with Crippen LogP contribution in [-0.4, -0.2) is 26.6 Å². The number of ether oxygens (including phenoxy) is 1. The Morgan fingerprint density at radius 1 is 1.04 bits per heavy atom. The van der Waals surface area contributed by atoms with Crippen LogP contribution in [0.4, 0.5) is 11.6 Å². The van der Waals surface area contributed by atoms with Gasteiger partial charge in [-0.2, -0.15) is 0 Å². The monoisotopic (exact) mass is 359 g/mol. The summed E-state index contributed by atoms with van der Waals surface area (Å²) in [6, 6.07) is 12.0. The lowest BCUT2D eigenvalue weighted by molar-refractivity contribution is 0.415. The van der Waals surface area contributed by atoms with Crippen LogP contribution in [0.1, 0.15) is 19.9 Å². The third-order valence-electron chi connectivity index (χ3n) is 4.47. The molecule has 1 N–H and O–H groups in total. The van der Waals surface area contributed by atoms with Crippen molar-refractivity contribution in [2.75, 3.05) is 12.4 Å². The van der Waals surface area contributed by atoms with Crippen LogP contribution >= 0.6 is 0 Å². The van der Waals surface area contributed by atoms with E-state index in [0.29, 0.717) is 12.0 Å². The van der Waals surface area contributed by atoms with Gasteiger partial charge in [-0.3, -0.25) is 4.98 Å². The van der Waals surface area contributed by atoms with Crippen LogP contribution in [0, 0.1) is 0 Å². The Kier molecular flexibility index (Phi) is 4.46. The summed E-state index contributed by atoms with van der Waals surface area (Å²) in [5, 5.41) is 4.38. The number of aromatic nitrogens is 4. The van der Waals surface area contributed by atoms with Crippen LogP contribution in [0.25, 0.3) is 22.2 Å². The molecule has 3 heterocycles. The number of hydrogen-bond donors (Lipinski definition) is 1. The SMILES string of the molecule is COc1ccc(Nc2nccc(-c3cn(C(C)C)c4cnccc34)n2)cc1. The zero-order valence-corrected chi connectivity index (χ0v) is 15.5. The van der Waals surface area contributed by atoms with Crippen LogP contribution in [0.3, 0.4) is 0 Å². The summed E-state index contributed by atoms with van der Waals surface area (Å²) in [7, 11) is 1.65. The normalized spacial score (nSPS) is 11.1. The molecule has 0 amide bonds. The number of pyridine rings is 1. The molecule has 0 bridgehead atoms. The molecule has 0 unspecified atom stereocenters. The molecule has 136 valence electrons. The van der Waals surface area contributed by atoms with Gasteiger partial charge >= 0.3 is 0 Å². The molecule has 27 heavy (non-hydrogen) atoms. The standard InChI is InChI=1S/C21H21N5O/c1-14(2)26-13-18(17-8-10-22-12-20(17)26)19-9-11-23-21(25-19)24-15-4-6-16(27-3)7-5-15/h4-14H,1-3H3,(H,23,24,25). The highest BCUT2D eigenvalue weighted by Gasteiger charge is 2.13. The fourth-order valence-corrected chi connectivity index (χ4v) is 3.10. The molecule has 0 radical (unpaired) electrons. The first-order chi connectivity index (χ1) is 13.2. The highest BCUT2D eigenvalue weighted by molar-refractivity contribution is 5.94. The number of rotatable bonds is 5. The molecule has 1 aromatic carbocycles. The van der Waals surface area contributed by atoms with E-state index in [-0.39, 0.29) is 0 Å². The quantitative estimate of drug-likeness (QED) is 0.553. The number of methoxy groups -OCH3 is 1. The van der Waals surface area contributed by atoms with Crippen molar-refractivity contribution in [2.24, 2.45) is 0 Å². The summed E-state index contributed by atoms with van der Waals surface area (Å²) in [4.78, 5) is 13.3. The average molecular weight is 359 g/mol. The van der Waals surface area contributed by atoms with Gasteiger partial charge in [0.25, 0.3) is 0 Å². The van der Waals surface area contributed by atoms with E-state index in [4.69, 9.17) is 9.72 Å². The van der Waals surface area contributed by atoms with Gasteiger partial charge in [0.15, 0.2) is 0 Å². The van der Waals surface area contributed by atoms with E-state index in [1.165, 1.54) is 0 Å². The van der Waals surface area contributed by atoms with Gasteiger partial charge < -0.3 is 14.6 Å². The van der Waals surface area contributed by atoms with Gasteiger partial charge in [-0.15, -0.1) is 0 Å². The third-order valence-corrected chi connectivity index (χ3v) is 4.47. The number of nitrogens with one attached hydrogen (secondary N) is 1. The fraction of sp³-hybridized carbons (Fsp3) is 0.190. The van der Waals surface area contributed by atoms with Crippen molar-refractivity contribution in [3.8, 4) is 17.0 Å². The van der Waals surface area contributed by atoms with Gasteiger partial charge in [0.05, 0.1) is 24.5 Å². The molecule has 0 fully saturated rings. The highest BCUT2D eigenvalue weighted by atomic mass is 16.5. The first kappa shape index (κ1) is 17.0. The molecule has 4 aromatic rings. The number of anilines is 2. The summed E-state index contributed by atoms with van der Waals surface area (Å²) in [6.45, 7) is 4.32. The first-order valence-corrected chi connectivity index (χ1v) is 8.85. The number of benzene rings is 1. The molecule has 0 atom stereocenters. The summed E-state index contributed by atoms with van der Waals surface area (Å²) >= 11 is 0. The number of fused-ring (bicyclic) bond motifs is 1. The van der Waals surface area contributed by atoms with Crippen LogP contribution < -0.4 is 10.1 Å². The minimum atomic E-state index is 0.337. The minimum Gasteiger partial charge on any atom is -0.497 e. The van der Waals surface area contributed by atoms with Crippen molar-refractivity contribution >= 4 is 22.5 Å². The Morgan fingerprint density at radius 3 is 2.59 bits per heavy atom. The molecule has 0 saturated heterocycles. The zero-order valence-electron chi connectivity index (χ0n) is 15.5. The minimum absolute atomic E-state index is 0.337. The van der Waals surface area contributed by atoms with Gasteiger partial charge in [-0.05, 0) is 50.2 Å². The predicted octanol–water partition coefficient (Wildman–Crippen LogP) is 4.83. The molecule has 4 rings (SSSR count). The van der Waals surface area contributed by atoms with E-state index in [0.717, 1.165) is 33.6 Å². The molecule has 6 nitrogen and oxygen atoms in total. The average Bonchev–Trinajstić information content (AvgIpc) is 3.09. The largest absolute Gasteiger partial charge is 0.497 e. The molecule has 0 aliphatic carbocycles. The molecule has 0 aliphatic heterocycles. The van der Waals surface area contributed by atoms with E-state index in [9.17, 15) is 0 Å². The highest BCUT2D eigenvalue weighted by Crippen LogP contribution is 2.31. The molecule has 0 spiro atoms. The van der Waals surface area contributed by atoms with Crippen molar-refractivity contribution in [1.29, 1.82) is 0 Å². The van der Waals surface area contributed by atoms with E-state index < -0.39 is 0 Å². The maximum atomic E-state index is 5.19. The van der Waals surface area contributed by atoms with E-state index in [1.54, 1.807) is 13.3 Å². The smallest absolute Gasteiger partial charge is 0.227 e. The van der Waals surface area contributed by atoms with Crippen LogP contribution in [0.15, 0.2) is 61.2 Å². The lowest BCUT2D eigenvalue weighted by Crippen LogP contribution is -1.98. The van der Waals surface area contributed by atoms with Crippen molar-refractivity contribution in [1.82, 2.24) is 19.5 Å². The maximum absolute atomic E-state index is 5.19. The zero-order chi connectivity index (χ0) is 18.8. The topological polar surface area (TPSA) is 64.9 Å². The second kappa shape index (κ2) is 7.07. The summed E-state index contributed by atoms with van der Waals surface area (Å²) in [6.07, 6.45) is 7.62. The van der Waals surface area contributed by atoms with Crippen LogP contribution in [-0.2, 0) is 0 Å².